The van der Waals surface area contributed by atoms with Crippen LogP contribution < -0.4 is 10.1 Å². The second kappa shape index (κ2) is 7.69. The SMILES string of the molecule is CCCCNC(=O)c1ccc(COc2cc(C)cc(C)c2)o1. The predicted molar refractivity (Wildman–Crippen MR) is 86.2 cm³/mol. The van der Waals surface area contributed by atoms with Crippen LogP contribution in [0.2, 0.25) is 0 Å². The Morgan fingerprint density at radius 1 is 1.18 bits per heavy atom. The molecule has 4 heteroatoms. The Balaban J connectivity index is 1.90. The van der Waals surface area contributed by atoms with Crippen LogP contribution in [0.3, 0.4) is 0 Å². The molecule has 2 rings (SSSR count). The van der Waals surface area contributed by atoms with Crippen molar-refractivity contribution in [3.05, 3.63) is 53.0 Å². The van der Waals surface area contributed by atoms with Crippen LogP contribution in [0.4, 0.5) is 0 Å². The Bertz CT molecular complexity index is 611. The smallest absolute Gasteiger partial charge is 0.286 e. The van der Waals surface area contributed by atoms with Gasteiger partial charge in [-0.1, -0.05) is 19.4 Å². The van der Waals surface area contributed by atoms with E-state index in [2.05, 4.69) is 18.3 Å². The van der Waals surface area contributed by atoms with Crippen molar-refractivity contribution in [2.45, 2.75) is 40.2 Å². The fourth-order valence-electron chi connectivity index (χ4n) is 2.21. The molecule has 1 amide bonds. The molecule has 2 aromatic rings. The summed E-state index contributed by atoms with van der Waals surface area (Å²) in [4.78, 5) is 11.9. The first-order chi connectivity index (χ1) is 10.6. The molecule has 0 fully saturated rings. The first kappa shape index (κ1) is 16.1. The molecule has 0 aliphatic heterocycles. The minimum atomic E-state index is -0.175. The summed E-state index contributed by atoms with van der Waals surface area (Å²) in [6.45, 7) is 7.13. The van der Waals surface area contributed by atoms with E-state index in [1.807, 2.05) is 26.0 Å². The molecule has 0 radical (unpaired) electrons. The van der Waals surface area contributed by atoms with E-state index in [0.717, 1.165) is 29.7 Å². The van der Waals surface area contributed by atoms with Crippen molar-refractivity contribution in [3.8, 4) is 5.75 Å². The maximum absolute atomic E-state index is 11.9. The van der Waals surface area contributed by atoms with Crippen molar-refractivity contribution in [3.63, 3.8) is 0 Å². The number of amides is 1. The third-order valence-corrected chi connectivity index (χ3v) is 3.28. The van der Waals surface area contributed by atoms with Crippen LogP contribution in [-0.4, -0.2) is 12.5 Å². The normalized spacial score (nSPS) is 10.5. The second-order valence-corrected chi connectivity index (χ2v) is 5.49. The van der Waals surface area contributed by atoms with Gasteiger partial charge in [0.15, 0.2) is 5.76 Å². The average molecular weight is 301 g/mol. The van der Waals surface area contributed by atoms with E-state index in [4.69, 9.17) is 9.15 Å². The molecular weight excluding hydrogens is 278 g/mol. The number of ether oxygens (including phenoxy) is 1. The largest absolute Gasteiger partial charge is 0.486 e. The van der Waals surface area contributed by atoms with Gasteiger partial charge in [0.05, 0.1) is 0 Å². The highest BCUT2D eigenvalue weighted by molar-refractivity contribution is 5.91. The van der Waals surface area contributed by atoms with Crippen LogP contribution >= 0.6 is 0 Å². The minimum Gasteiger partial charge on any atom is -0.486 e. The fraction of sp³-hybridized carbons (Fsp3) is 0.389. The van der Waals surface area contributed by atoms with Gasteiger partial charge in [0.2, 0.25) is 0 Å². The summed E-state index contributed by atoms with van der Waals surface area (Å²) < 4.78 is 11.2. The van der Waals surface area contributed by atoms with Crippen LogP contribution in [0, 0.1) is 13.8 Å². The summed E-state index contributed by atoms with van der Waals surface area (Å²) >= 11 is 0. The zero-order valence-electron chi connectivity index (χ0n) is 13.4. The Morgan fingerprint density at radius 3 is 2.59 bits per heavy atom. The Kier molecular flexibility index (Phi) is 5.64. The van der Waals surface area contributed by atoms with Gasteiger partial charge in [0.25, 0.3) is 5.91 Å². The van der Waals surface area contributed by atoms with Gasteiger partial charge in [-0.15, -0.1) is 0 Å². The van der Waals surface area contributed by atoms with Crippen molar-refractivity contribution in [2.24, 2.45) is 0 Å². The van der Waals surface area contributed by atoms with Crippen LogP contribution in [0.15, 0.2) is 34.7 Å². The first-order valence-corrected chi connectivity index (χ1v) is 7.66. The van der Waals surface area contributed by atoms with Crippen molar-refractivity contribution < 1.29 is 13.9 Å². The predicted octanol–water partition coefficient (Wildman–Crippen LogP) is 4.01. The molecule has 1 aromatic carbocycles. The van der Waals surface area contributed by atoms with Crippen LogP contribution in [0.1, 0.15) is 47.2 Å². The van der Waals surface area contributed by atoms with E-state index in [-0.39, 0.29) is 5.91 Å². The van der Waals surface area contributed by atoms with Crippen molar-refractivity contribution in [1.29, 1.82) is 0 Å². The quantitative estimate of drug-likeness (QED) is 0.786. The topological polar surface area (TPSA) is 51.5 Å². The van der Waals surface area contributed by atoms with Crippen LogP contribution in [0.25, 0.3) is 0 Å². The summed E-state index contributed by atoms with van der Waals surface area (Å²) in [5.41, 5.74) is 2.32. The summed E-state index contributed by atoms with van der Waals surface area (Å²) in [6, 6.07) is 9.51. The second-order valence-electron chi connectivity index (χ2n) is 5.49. The zero-order chi connectivity index (χ0) is 15.9. The number of carbonyl (C=O) groups excluding carboxylic acids is 1. The molecule has 1 N–H and O–H groups in total. The van der Waals surface area contributed by atoms with Gasteiger partial charge in [-0.3, -0.25) is 4.79 Å². The maximum Gasteiger partial charge on any atom is 0.286 e. The van der Waals surface area contributed by atoms with E-state index >= 15 is 0 Å². The van der Waals surface area contributed by atoms with Gasteiger partial charge < -0.3 is 14.5 Å². The number of aryl methyl sites for hydroxylation is 2. The molecule has 1 aromatic heterocycles. The highest BCUT2D eigenvalue weighted by atomic mass is 16.5. The highest BCUT2D eigenvalue weighted by Crippen LogP contribution is 2.18. The third kappa shape index (κ3) is 4.65. The summed E-state index contributed by atoms with van der Waals surface area (Å²) in [5.74, 6) is 1.60. The Hall–Kier alpha value is -2.23. The molecule has 0 aliphatic rings. The van der Waals surface area contributed by atoms with E-state index in [0.29, 0.717) is 24.7 Å². The summed E-state index contributed by atoms with van der Waals surface area (Å²) in [6.07, 6.45) is 2.02. The van der Waals surface area contributed by atoms with Gasteiger partial charge in [-0.25, -0.2) is 0 Å². The first-order valence-electron chi connectivity index (χ1n) is 7.66. The zero-order valence-corrected chi connectivity index (χ0v) is 13.4. The molecule has 0 saturated carbocycles. The molecule has 0 atom stereocenters. The summed E-state index contributed by atoms with van der Waals surface area (Å²) in [7, 11) is 0. The average Bonchev–Trinajstić information content (AvgIpc) is 2.93. The molecular formula is C18H23NO3. The third-order valence-electron chi connectivity index (χ3n) is 3.28. The van der Waals surface area contributed by atoms with Crippen molar-refractivity contribution in [1.82, 2.24) is 5.32 Å². The lowest BCUT2D eigenvalue weighted by atomic mass is 10.1. The molecule has 0 saturated heterocycles. The van der Waals surface area contributed by atoms with E-state index in [9.17, 15) is 4.79 Å². The number of hydrogen-bond acceptors (Lipinski definition) is 3. The van der Waals surface area contributed by atoms with Crippen molar-refractivity contribution >= 4 is 5.91 Å². The lowest BCUT2D eigenvalue weighted by Crippen LogP contribution is -2.23. The fourth-order valence-corrected chi connectivity index (χ4v) is 2.21. The molecule has 118 valence electrons. The van der Waals surface area contributed by atoms with E-state index < -0.39 is 0 Å². The van der Waals surface area contributed by atoms with Gasteiger partial charge >= 0.3 is 0 Å². The number of furan rings is 1. The standard InChI is InChI=1S/C18H23NO3/c1-4-5-8-19-18(20)17-7-6-15(22-17)12-21-16-10-13(2)9-14(3)11-16/h6-7,9-11H,4-5,8,12H2,1-3H3,(H,19,20). The maximum atomic E-state index is 11.9. The number of benzene rings is 1. The summed E-state index contributed by atoms with van der Waals surface area (Å²) in [5, 5.41) is 2.83. The molecule has 0 bridgehead atoms. The van der Waals surface area contributed by atoms with Gasteiger partial charge in [0.1, 0.15) is 18.1 Å². The van der Waals surface area contributed by atoms with Crippen LogP contribution in [-0.2, 0) is 6.61 Å². The highest BCUT2D eigenvalue weighted by Gasteiger charge is 2.10. The lowest BCUT2D eigenvalue weighted by Gasteiger charge is -2.06. The number of hydrogen-bond donors (Lipinski definition) is 1. The number of rotatable bonds is 7. The number of nitrogens with one attached hydrogen (secondary N) is 1. The van der Waals surface area contributed by atoms with E-state index in [1.54, 1.807) is 12.1 Å². The van der Waals surface area contributed by atoms with Gasteiger partial charge in [0, 0.05) is 6.54 Å². The van der Waals surface area contributed by atoms with Crippen LogP contribution in [0.5, 0.6) is 5.75 Å². The monoisotopic (exact) mass is 301 g/mol. The minimum absolute atomic E-state index is 0.175. The molecule has 1 heterocycles. The molecule has 0 spiro atoms. The van der Waals surface area contributed by atoms with Gasteiger partial charge in [-0.2, -0.15) is 0 Å². The lowest BCUT2D eigenvalue weighted by molar-refractivity contribution is 0.0921. The molecule has 0 aliphatic carbocycles. The number of unbranched alkanes of at least 4 members (excludes halogenated alkanes) is 1. The number of carbonyl (C=O) groups is 1. The Labute approximate surface area is 131 Å². The molecule has 4 nitrogen and oxygen atoms in total. The van der Waals surface area contributed by atoms with Crippen molar-refractivity contribution in [2.75, 3.05) is 6.54 Å². The van der Waals surface area contributed by atoms with E-state index in [1.165, 1.54) is 0 Å². The molecule has 0 unspecified atom stereocenters. The molecule has 22 heavy (non-hydrogen) atoms. The van der Waals surface area contributed by atoms with Gasteiger partial charge in [-0.05, 0) is 55.7 Å². The Morgan fingerprint density at radius 2 is 1.91 bits per heavy atom.